The largest absolute Gasteiger partial charge is 0.442 e. The van der Waals surface area contributed by atoms with E-state index in [0.717, 1.165) is 17.0 Å². The van der Waals surface area contributed by atoms with Gasteiger partial charge in [0.15, 0.2) is 11.6 Å². The molecule has 0 unspecified atom stereocenters. The van der Waals surface area contributed by atoms with Gasteiger partial charge in [0.2, 0.25) is 5.91 Å². The Kier molecular flexibility index (Phi) is 6.98. The highest BCUT2D eigenvalue weighted by molar-refractivity contribution is 7.63. The number of nitrogens with one attached hydrogen (secondary N) is 1. The third-order valence-electron chi connectivity index (χ3n) is 5.17. The minimum absolute atomic E-state index is 0.0445. The van der Waals surface area contributed by atoms with E-state index < -0.39 is 31.0 Å². The first-order valence-electron chi connectivity index (χ1n) is 9.84. The van der Waals surface area contributed by atoms with E-state index in [1.54, 1.807) is 4.90 Å². The van der Waals surface area contributed by atoms with Gasteiger partial charge in [0.25, 0.3) is 0 Å². The summed E-state index contributed by atoms with van der Waals surface area (Å²) in [5, 5.41) is 2.54. The Labute approximate surface area is 173 Å². The normalized spacial score (nSPS) is 20.9. The molecule has 2 aliphatic rings. The minimum atomic E-state index is -2.48. The molecule has 30 heavy (non-hydrogen) atoms. The number of hydrogen-bond donors (Lipinski definition) is 1. The summed E-state index contributed by atoms with van der Waals surface area (Å²) >= 11 is 0. The predicted molar refractivity (Wildman–Crippen MR) is 109 cm³/mol. The first-order chi connectivity index (χ1) is 14.2. The van der Waals surface area contributed by atoms with E-state index in [-0.39, 0.29) is 49.8 Å². The molecule has 2 aliphatic heterocycles. The lowest BCUT2D eigenvalue weighted by molar-refractivity contribution is -0.119. The van der Waals surface area contributed by atoms with Gasteiger partial charge in [-0.2, -0.15) is 0 Å². The molecule has 2 heterocycles. The summed E-state index contributed by atoms with van der Waals surface area (Å²) in [6.45, 7) is 4.37. The van der Waals surface area contributed by atoms with E-state index in [0.29, 0.717) is 18.9 Å². The van der Waals surface area contributed by atoms with Gasteiger partial charge in [-0.1, -0.05) is 0 Å². The lowest BCUT2D eigenvalue weighted by Gasteiger charge is -2.34. The van der Waals surface area contributed by atoms with Crippen LogP contribution in [-0.4, -0.2) is 69.6 Å². The Morgan fingerprint density at radius 1 is 1.30 bits per heavy atom. The van der Waals surface area contributed by atoms with Crippen LogP contribution < -0.4 is 15.1 Å². The fraction of sp³-hybridized carbons (Fsp3) is 0.579. The second-order valence-electron chi connectivity index (χ2n) is 7.43. The van der Waals surface area contributed by atoms with Crippen LogP contribution in [0, 0.1) is 11.6 Å². The topological polar surface area (TPSA) is 88.2 Å². The number of amides is 2. The molecule has 1 N–H and O–H groups in total. The van der Waals surface area contributed by atoms with Crippen LogP contribution in [0.25, 0.3) is 0 Å². The molecule has 3 rings (SSSR count). The molecule has 166 valence electrons. The van der Waals surface area contributed by atoms with Crippen LogP contribution in [-0.2, 0) is 18.8 Å². The zero-order valence-electron chi connectivity index (χ0n) is 17.0. The number of nitrogens with zero attached hydrogens (tertiary/aromatic N) is 2. The molecule has 0 spiro atoms. The smallest absolute Gasteiger partial charge is 0.414 e. The highest BCUT2D eigenvalue weighted by Gasteiger charge is 2.35. The van der Waals surface area contributed by atoms with Crippen molar-refractivity contribution in [1.82, 2.24) is 5.32 Å². The SMILES string of the molecule is CCOCP1(=O)CCN(c2c(F)cc(N3C[C@H](CNC(C)=O)OC3=O)cc2F)CC1. The van der Waals surface area contributed by atoms with E-state index in [4.69, 9.17) is 9.47 Å². The maximum Gasteiger partial charge on any atom is 0.414 e. The van der Waals surface area contributed by atoms with Crippen molar-refractivity contribution in [2.75, 3.05) is 61.3 Å². The number of rotatable bonds is 7. The van der Waals surface area contributed by atoms with Gasteiger partial charge in [0.1, 0.15) is 18.9 Å². The maximum atomic E-state index is 14.8. The van der Waals surface area contributed by atoms with Gasteiger partial charge >= 0.3 is 6.09 Å². The highest BCUT2D eigenvalue weighted by Crippen LogP contribution is 2.48. The molecule has 0 bridgehead atoms. The van der Waals surface area contributed by atoms with Crippen LogP contribution in [0.4, 0.5) is 25.0 Å². The number of ether oxygens (including phenoxy) is 2. The molecule has 1 aromatic carbocycles. The molecule has 1 aromatic rings. The molecule has 8 nitrogen and oxygen atoms in total. The Bertz CT molecular complexity index is 834. The van der Waals surface area contributed by atoms with Crippen LogP contribution in [0.2, 0.25) is 0 Å². The number of anilines is 2. The molecular weight excluding hydrogens is 419 g/mol. The van der Waals surface area contributed by atoms with Crippen LogP contribution in [0.3, 0.4) is 0 Å². The molecule has 0 saturated carbocycles. The maximum absolute atomic E-state index is 14.8. The molecule has 0 aromatic heterocycles. The highest BCUT2D eigenvalue weighted by atomic mass is 31.2. The van der Waals surface area contributed by atoms with Crippen molar-refractivity contribution in [2.45, 2.75) is 20.0 Å². The van der Waals surface area contributed by atoms with Gasteiger partial charge in [-0.15, -0.1) is 0 Å². The van der Waals surface area contributed by atoms with Crippen molar-refractivity contribution in [3.8, 4) is 0 Å². The average molecular weight is 445 g/mol. The van der Waals surface area contributed by atoms with Crippen LogP contribution in [0.15, 0.2) is 12.1 Å². The van der Waals surface area contributed by atoms with Crippen molar-refractivity contribution in [3.05, 3.63) is 23.8 Å². The van der Waals surface area contributed by atoms with Crippen LogP contribution in [0.5, 0.6) is 0 Å². The monoisotopic (exact) mass is 445 g/mol. The van der Waals surface area contributed by atoms with E-state index in [9.17, 15) is 22.9 Å². The van der Waals surface area contributed by atoms with Gasteiger partial charge in [0.05, 0.1) is 25.1 Å². The van der Waals surface area contributed by atoms with E-state index in [2.05, 4.69) is 5.32 Å². The van der Waals surface area contributed by atoms with E-state index in [1.165, 1.54) is 6.92 Å². The van der Waals surface area contributed by atoms with E-state index in [1.807, 2.05) is 6.92 Å². The molecule has 0 aliphatic carbocycles. The number of halogens is 2. The summed E-state index contributed by atoms with van der Waals surface area (Å²) in [6.07, 6.45) is -0.480. The summed E-state index contributed by atoms with van der Waals surface area (Å²) in [5.74, 6) is -1.87. The first-order valence-corrected chi connectivity index (χ1v) is 12.1. The lowest BCUT2D eigenvalue weighted by atomic mass is 10.2. The number of carbonyl (C=O) groups is 2. The number of benzene rings is 1. The second-order valence-corrected chi connectivity index (χ2v) is 10.7. The summed E-state index contributed by atoms with van der Waals surface area (Å²) in [7, 11) is -2.48. The van der Waals surface area contributed by atoms with Gasteiger partial charge in [-0.05, 0) is 6.92 Å². The fourth-order valence-corrected chi connectivity index (χ4v) is 5.76. The number of carbonyl (C=O) groups excluding carboxylic acids is 2. The fourth-order valence-electron chi connectivity index (χ4n) is 3.55. The molecule has 2 amide bonds. The Morgan fingerprint density at radius 3 is 2.50 bits per heavy atom. The van der Waals surface area contributed by atoms with Gasteiger partial charge in [-0.3, -0.25) is 9.69 Å². The average Bonchev–Trinajstić information content (AvgIpc) is 3.06. The zero-order valence-corrected chi connectivity index (χ0v) is 17.9. The first kappa shape index (κ1) is 22.5. The summed E-state index contributed by atoms with van der Waals surface area (Å²) in [5.41, 5.74) is -0.146. The molecule has 0 radical (unpaired) electrons. The van der Waals surface area contributed by atoms with Crippen LogP contribution in [0.1, 0.15) is 13.8 Å². The van der Waals surface area contributed by atoms with Crippen LogP contribution >= 0.6 is 7.14 Å². The van der Waals surface area contributed by atoms with Crippen molar-refractivity contribution >= 4 is 30.5 Å². The molecule has 1 atom stereocenters. The van der Waals surface area contributed by atoms with E-state index >= 15 is 0 Å². The van der Waals surface area contributed by atoms with Crippen molar-refractivity contribution in [3.63, 3.8) is 0 Å². The van der Waals surface area contributed by atoms with Gasteiger partial charge in [0, 0.05) is 51.1 Å². The molecule has 2 fully saturated rings. The standard InChI is InChI=1S/C19H26F2N3O5P/c1-3-28-12-30(27)6-4-23(5-7-30)18-16(20)8-14(9-17(18)21)24-11-15(29-19(24)26)10-22-13(2)25/h8-9,15H,3-7,10-12H2,1-2H3,(H,22,25)/t15-/m0/s1. The minimum Gasteiger partial charge on any atom is -0.442 e. The summed E-state index contributed by atoms with van der Waals surface area (Å²) in [6, 6.07) is 2.18. The Hall–Kier alpha value is -2.19. The predicted octanol–water partition coefficient (Wildman–Crippen LogP) is 2.60. The summed E-state index contributed by atoms with van der Waals surface area (Å²) < 4.78 is 52.7. The zero-order chi connectivity index (χ0) is 21.9. The quantitative estimate of drug-likeness (QED) is 0.650. The Morgan fingerprint density at radius 2 is 1.93 bits per heavy atom. The third-order valence-corrected chi connectivity index (χ3v) is 7.85. The Balaban J connectivity index is 1.70. The molecule has 11 heteroatoms. The third kappa shape index (κ3) is 5.10. The summed E-state index contributed by atoms with van der Waals surface area (Å²) in [4.78, 5) is 25.8. The second kappa shape index (κ2) is 9.31. The molecular formula is C19H26F2N3O5P. The van der Waals surface area contributed by atoms with Gasteiger partial charge in [-0.25, -0.2) is 13.6 Å². The number of hydrogen-bond acceptors (Lipinski definition) is 6. The molecule has 2 saturated heterocycles. The van der Waals surface area contributed by atoms with Crippen molar-refractivity contribution in [2.24, 2.45) is 0 Å². The van der Waals surface area contributed by atoms with Crippen molar-refractivity contribution in [1.29, 1.82) is 0 Å². The van der Waals surface area contributed by atoms with Crippen molar-refractivity contribution < 1.29 is 32.4 Å². The number of cyclic esters (lactones) is 1. The lowest BCUT2D eigenvalue weighted by Crippen LogP contribution is -2.37. The van der Waals surface area contributed by atoms with Gasteiger partial charge < -0.3 is 24.3 Å².